The molecular weight excluding hydrogens is 444 g/mol. The van der Waals surface area contributed by atoms with Crippen LogP contribution in [0.25, 0.3) is 0 Å². The number of hydrogen-bond donors (Lipinski definition) is 0. The van der Waals surface area contributed by atoms with Gasteiger partial charge in [0.1, 0.15) is 0 Å². The van der Waals surface area contributed by atoms with Gasteiger partial charge in [0.2, 0.25) is 0 Å². The van der Waals surface area contributed by atoms with Crippen molar-refractivity contribution in [1.82, 2.24) is 9.88 Å². The van der Waals surface area contributed by atoms with Gasteiger partial charge < -0.3 is 14.4 Å². The van der Waals surface area contributed by atoms with Gasteiger partial charge in [-0.2, -0.15) is 0 Å². The third-order valence-electron chi connectivity index (χ3n) is 5.45. The van der Waals surface area contributed by atoms with E-state index < -0.39 is 0 Å². The van der Waals surface area contributed by atoms with E-state index in [1.54, 1.807) is 29.5 Å². The van der Waals surface area contributed by atoms with E-state index in [1.807, 2.05) is 73.7 Å². The van der Waals surface area contributed by atoms with E-state index in [2.05, 4.69) is 16.4 Å². The number of pyridine rings is 1. The number of carbonyl (C=O) groups excluding carboxylic acids is 1. The minimum absolute atomic E-state index is 0.0408. The van der Waals surface area contributed by atoms with E-state index in [-0.39, 0.29) is 5.91 Å². The third kappa shape index (κ3) is 6.23. The molecule has 2 heterocycles. The molecule has 1 amide bonds. The maximum Gasteiger partial charge on any atom is 0.254 e. The second-order valence-corrected chi connectivity index (χ2v) is 9.04. The molecule has 0 aliphatic heterocycles. The zero-order valence-corrected chi connectivity index (χ0v) is 20.3. The monoisotopic (exact) mass is 472 g/mol. The largest absolute Gasteiger partial charge is 0.493 e. The molecule has 0 fully saturated rings. The van der Waals surface area contributed by atoms with Crippen LogP contribution < -0.4 is 9.47 Å². The van der Waals surface area contributed by atoms with Crippen LogP contribution in [0.15, 0.2) is 84.4 Å². The third-order valence-corrected chi connectivity index (χ3v) is 6.39. The van der Waals surface area contributed by atoms with Gasteiger partial charge >= 0.3 is 0 Å². The maximum atomic E-state index is 13.4. The Hall–Kier alpha value is -3.64. The number of nitrogens with zero attached hydrogens (tertiary/aromatic N) is 2. The standard InChI is InChI=1S/C28H28N2O3S/c1-21-8-11-23(12-9-21)28(31)30(20-24-6-3-4-15-29-24)19-22-10-13-26(27(18-22)32-2)33-16-14-25-7-5-17-34-25/h3-13,15,17-18H,14,16,19-20H2,1-2H3. The van der Waals surface area contributed by atoms with Gasteiger partial charge in [0.05, 0.1) is 26.0 Å². The Kier molecular flexibility index (Phi) is 7.94. The Morgan fingerprint density at radius 2 is 1.82 bits per heavy atom. The van der Waals surface area contributed by atoms with Crippen molar-refractivity contribution in [2.45, 2.75) is 26.4 Å². The predicted octanol–water partition coefficient (Wildman–Crippen LogP) is 5.92. The Morgan fingerprint density at radius 1 is 0.971 bits per heavy atom. The van der Waals surface area contributed by atoms with Crippen molar-refractivity contribution >= 4 is 17.2 Å². The fourth-order valence-electron chi connectivity index (χ4n) is 3.63. The summed E-state index contributed by atoms with van der Waals surface area (Å²) < 4.78 is 11.6. The number of aromatic nitrogens is 1. The summed E-state index contributed by atoms with van der Waals surface area (Å²) in [7, 11) is 1.63. The smallest absolute Gasteiger partial charge is 0.254 e. The summed E-state index contributed by atoms with van der Waals surface area (Å²) in [6, 6.07) is 23.4. The minimum Gasteiger partial charge on any atom is -0.493 e. The Balaban J connectivity index is 1.51. The fraction of sp³-hybridized carbons (Fsp3) is 0.214. The lowest BCUT2D eigenvalue weighted by molar-refractivity contribution is 0.0727. The molecule has 0 aliphatic rings. The van der Waals surface area contributed by atoms with E-state index in [1.165, 1.54) is 4.88 Å². The van der Waals surface area contributed by atoms with Crippen LogP contribution >= 0.6 is 11.3 Å². The molecule has 174 valence electrons. The lowest BCUT2D eigenvalue weighted by atomic mass is 10.1. The van der Waals surface area contributed by atoms with E-state index in [4.69, 9.17) is 9.47 Å². The van der Waals surface area contributed by atoms with Crippen molar-refractivity contribution in [3.8, 4) is 11.5 Å². The molecule has 6 heteroatoms. The summed E-state index contributed by atoms with van der Waals surface area (Å²) in [5.74, 6) is 1.31. The zero-order chi connectivity index (χ0) is 23.8. The predicted molar refractivity (Wildman–Crippen MR) is 136 cm³/mol. The Labute approximate surface area is 204 Å². The first-order valence-electron chi connectivity index (χ1n) is 11.2. The summed E-state index contributed by atoms with van der Waals surface area (Å²) in [6.45, 7) is 3.42. The molecule has 0 spiro atoms. The molecule has 0 saturated carbocycles. The molecule has 0 atom stereocenters. The Bertz CT molecular complexity index is 1190. The van der Waals surface area contributed by atoms with Crippen molar-refractivity contribution in [2.24, 2.45) is 0 Å². The van der Waals surface area contributed by atoms with E-state index in [9.17, 15) is 4.79 Å². The van der Waals surface area contributed by atoms with Crippen LogP contribution in [0.1, 0.15) is 32.1 Å². The van der Waals surface area contributed by atoms with Crippen molar-refractivity contribution < 1.29 is 14.3 Å². The highest BCUT2D eigenvalue weighted by molar-refractivity contribution is 7.09. The summed E-state index contributed by atoms with van der Waals surface area (Å²) >= 11 is 1.73. The van der Waals surface area contributed by atoms with Crippen LogP contribution in [0.4, 0.5) is 0 Å². The van der Waals surface area contributed by atoms with Crippen LogP contribution in [-0.2, 0) is 19.5 Å². The van der Waals surface area contributed by atoms with E-state index in [0.717, 1.165) is 23.2 Å². The number of thiophene rings is 1. The van der Waals surface area contributed by atoms with Gasteiger partial charge in [-0.1, -0.05) is 35.9 Å². The van der Waals surface area contributed by atoms with Gasteiger partial charge in [-0.05, 0) is 60.3 Å². The van der Waals surface area contributed by atoms with Gasteiger partial charge in [0.25, 0.3) is 5.91 Å². The molecule has 0 unspecified atom stereocenters. The molecule has 0 radical (unpaired) electrons. The van der Waals surface area contributed by atoms with Gasteiger partial charge in [-0.25, -0.2) is 0 Å². The van der Waals surface area contributed by atoms with Crippen LogP contribution in [0.5, 0.6) is 11.5 Å². The van der Waals surface area contributed by atoms with E-state index in [0.29, 0.717) is 36.8 Å². The summed E-state index contributed by atoms with van der Waals surface area (Å²) in [5.41, 5.74) is 3.57. The maximum absolute atomic E-state index is 13.4. The lowest BCUT2D eigenvalue weighted by Crippen LogP contribution is -2.30. The SMILES string of the molecule is COc1cc(CN(Cc2ccccn2)C(=O)c2ccc(C)cc2)ccc1OCCc1cccs1. The number of carbonyl (C=O) groups is 1. The molecule has 4 rings (SSSR count). The number of hydrogen-bond acceptors (Lipinski definition) is 5. The topological polar surface area (TPSA) is 51.7 Å². The summed E-state index contributed by atoms with van der Waals surface area (Å²) in [6.07, 6.45) is 2.60. The zero-order valence-electron chi connectivity index (χ0n) is 19.4. The van der Waals surface area contributed by atoms with Gasteiger partial charge in [0.15, 0.2) is 11.5 Å². The molecule has 0 bridgehead atoms. The highest BCUT2D eigenvalue weighted by Crippen LogP contribution is 2.29. The number of amides is 1. The first-order valence-corrected chi connectivity index (χ1v) is 12.1. The highest BCUT2D eigenvalue weighted by Gasteiger charge is 2.18. The first kappa shape index (κ1) is 23.5. The molecule has 0 N–H and O–H groups in total. The molecular formula is C28H28N2O3S. The van der Waals surface area contributed by atoms with Crippen LogP contribution in [0.3, 0.4) is 0 Å². The number of methoxy groups -OCH3 is 1. The molecule has 34 heavy (non-hydrogen) atoms. The number of rotatable bonds is 10. The van der Waals surface area contributed by atoms with E-state index >= 15 is 0 Å². The van der Waals surface area contributed by atoms with Crippen LogP contribution in [0.2, 0.25) is 0 Å². The van der Waals surface area contributed by atoms with Gasteiger partial charge in [-0.15, -0.1) is 11.3 Å². The van der Waals surface area contributed by atoms with Crippen molar-refractivity contribution in [3.63, 3.8) is 0 Å². The van der Waals surface area contributed by atoms with Crippen molar-refractivity contribution in [3.05, 3.63) is 112 Å². The molecule has 0 saturated heterocycles. The number of benzene rings is 2. The Morgan fingerprint density at radius 3 is 2.53 bits per heavy atom. The molecule has 5 nitrogen and oxygen atoms in total. The lowest BCUT2D eigenvalue weighted by Gasteiger charge is -2.23. The average molecular weight is 473 g/mol. The second-order valence-electron chi connectivity index (χ2n) is 8.01. The van der Waals surface area contributed by atoms with Crippen molar-refractivity contribution in [2.75, 3.05) is 13.7 Å². The molecule has 0 aliphatic carbocycles. The summed E-state index contributed by atoms with van der Waals surface area (Å²) in [5, 5.41) is 2.07. The second kappa shape index (κ2) is 11.5. The van der Waals surface area contributed by atoms with Gasteiger partial charge in [0, 0.05) is 29.6 Å². The number of aryl methyl sites for hydroxylation is 1. The van der Waals surface area contributed by atoms with Crippen LogP contribution in [0, 0.1) is 6.92 Å². The highest BCUT2D eigenvalue weighted by atomic mass is 32.1. The number of ether oxygens (including phenoxy) is 2. The fourth-order valence-corrected chi connectivity index (χ4v) is 4.32. The molecule has 4 aromatic rings. The normalized spacial score (nSPS) is 10.6. The summed E-state index contributed by atoms with van der Waals surface area (Å²) in [4.78, 5) is 20.9. The first-order chi connectivity index (χ1) is 16.6. The van der Waals surface area contributed by atoms with Crippen molar-refractivity contribution in [1.29, 1.82) is 0 Å². The van der Waals surface area contributed by atoms with Gasteiger partial charge in [-0.3, -0.25) is 9.78 Å². The average Bonchev–Trinajstić information content (AvgIpc) is 3.38. The van der Waals surface area contributed by atoms with Crippen LogP contribution in [-0.4, -0.2) is 29.5 Å². The quantitative estimate of drug-likeness (QED) is 0.287. The minimum atomic E-state index is -0.0408. The molecule has 2 aromatic heterocycles. The molecule has 2 aromatic carbocycles.